The van der Waals surface area contributed by atoms with Crippen LogP contribution in [-0.2, 0) is 0 Å². The molecule has 1 rings (SSSR count). The molecule has 0 amide bonds. The third-order valence-electron chi connectivity index (χ3n) is 2.88. The van der Waals surface area contributed by atoms with Gasteiger partial charge in [0.25, 0.3) is 0 Å². The third kappa shape index (κ3) is 3.57. The lowest BCUT2D eigenvalue weighted by Crippen LogP contribution is -2.29. The van der Waals surface area contributed by atoms with E-state index in [1.807, 2.05) is 6.92 Å². The lowest BCUT2D eigenvalue weighted by molar-refractivity contribution is 0.0698. The smallest absolute Gasteiger partial charge is 0.340 e. The first-order valence-electron chi connectivity index (χ1n) is 6.20. The molecule has 0 fully saturated rings. The minimum Gasteiger partial charge on any atom is -0.478 e. The fraction of sp³-hybridized carbons (Fsp3) is 0.462. The molecular weight excluding hydrogens is 251 g/mol. The van der Waals surface area contributed by atoms with Crippen LogP contribution in [0.1, 0.15) is 30.1 Å². The Balaban J connectivity index is 3.21. The molecule has 6 heteroatoms. The van der Waals surface area contributed by atoms with Crippen molar-refractivity contribution in [3.8, 4) is 0 Å². The fourth-order valence-corrected chi connectivity index (χ4v) is 1.89. The first-order valence-corrected chi connectivity index (χ1v) is 6.20. The van der Waals surface area contributed by atoms with Gasteiger partial charge >= 0.3 is 5.97 Å². The topological polar surface area (TPSA) is 86.8 Å². The van der Waals surface area contributed by atoms with Crippen LogP contribution in [-0.4, -0.2) is 35.9 Å². The van der Waals surface area contributed by atoms with Crippen molar-refractivity contribution in [2.75, 3.05) is 30.3 Å². The average molecular weight is 270 g/mol. The highest BCUT2D eigenvalue weighted by atomic mass is 19.1. The number of aliphatic hydroxyl groups excluding tert-OH is 1. The maximum Gasteiger partial charge on any atom is 0.340 e. The minimum absolute atomic E-state index is 0.111. The van der Waals surface area contributed by atoms with Gasteiger partial charge in [-0.2, -0.15) is 0 Å². The van der Waals surface area contributed by atoms with Gasteiger partial charge in [-0.25, -0.2) is 9.18 Å². The number of nitrogen functional groups attached to an aromatic ring is 1. The number of nitrogens with zero attached hydrogens (tertiary/aromatic N) is 1. The van der Waals surface area contributed by atoms with Crippen molar-refractivity contribution in [3.05, 3.63) is 23.5 Å². The molecule has 0 radical (unpaired) electrons. The standard InChI is InChI=1S/C13H19FN2O3/c1-2-3-6-16(7-8-17)10-5-4-9(14)12(15)11(10)13(18)19/h4-5,17H,2-3,6-8,15H2,1H3,(H,18,19). The molecule has 0 spiro atoms. The van der Waals surface area contributed by atoms with Crippen molar-refractivity contribution in [2.45, 2.75) is 19.8 Å². The Hall–Kier alpha value is -1.82. The van der Waals surface area contributed by atoms with Gasteiger partial charge in [-0.15, -0.1) is 0 Å². The second-order valence-corrected chi connectivity index (χ2v) is 4.22. The molecule has 0 unspecified atom stereocenters. The summed E-state index contributed by atoms with van der Waals surface area (Å²) >= 11 is 0. The molecule has 0 atom stereocenters. The van der Waals surface area contributed by atoms with Crippen LogP contribution >= 0.6 is 0 Å². The summed E-state index contributed by atoms with van der Waals surface area (Å²) in [7, 11) is 0. The van der Waals surface area contributed by atoms with Crippen LogP contribution in [0.4, 0.5) is 15.8 Å². The van der Waals surface area contributed by atoms with Gasteiger partial charge in [-0.1, -0.05) is 13.3 Å². The summed E-state index contributed by atoms with van der Waals surface area (Å²) in [5, 5.41) is 18.2. The Labute approximate surface area is 111 Å². The van der Waals surface area contributed by atoms with E-state index in [9.17, 15) is 14.3 Å². The Morgan fingerprint density at radius 2 is 2.11 bits per heavy atom. The molecule has 0 aliphatic heterocycles. The number of hydrogen-bond acceptors (Lipinski definition) is 4. The Morgan fingerprint density at radius 3 is 2.63 bits per heavy atom. The van der Waals surface area contributed by atoms with Crippen molar-refractivity contribution < 1.29 is 19.4 Å². The van der Waals surface area contributed by atoms with Crippen LogP contribution in [0.15, 0.2) is 12.1 Å². The average Bonchev–Trinajstić information content (AvgIpc) is 2.37. The van der Waals surface area contributed by atoms with E-state index in [2.05, 4.69) is 0 Å². The van der Waals surface area contributed by atoms with Crippen molar-refractivity contribution in [3.63, 3.8) is 0 Å². The number of benzene rings is 1. The van der Waals surface area contributed by atoms with Crippen LogP contribution in [0.3, 0.4) is 0 Å². The largest absolute Gasteiger partial charge is 0.478 e. The number of carboxylic acids is 1. The number of rotatable bonds is 7. The van der Waals surface area contributed by atoms with Crippen LogP contribution in [0.25, 0.3) is 0 Å². The van der Waals surface area contributed by atoms with Gasteiger partial charge in [0.15, 0.2) is 0 Å². The zero-order chi connectivity index (χ0) is 14.4. The van der Waals surface area contributed by atoms with Crippen molar-refractivity contribution in [2.24, 2.45) is 0 Å². The van der Waals surface area contributed by atoms with Crippen molar-refractivity contribution >= 4 is 17.3 Å². The summed E-state index contributed by atoms with van der Waals surface area (Å²) in [5.41, 5.74) is 5.23. The predicted octanol–water partition coefficient (Wildman–Crippen LogP) is 1.70. The molecule has 0 heterocycles. The monoisotopic (exact) mass is 270 g/mol. The second kappa shape index (κ2) is 6.94. The van der Waals surface area contributed by atoms with Crippen LogP contribution < -0.4 is 10.6 Å². The van der Waals surface area contributed by atoms with E-state index in [4.69, 9.17) is 10.8 Å². The summed E-state index contributed by atoms with van der Waals surface area (Å²) in [6, 6.07) is 2.54. The number of nitrogens with two attached hydrogens (primary N) is 1. The maximum absolute atomic E-state index is 13.4. The Kier molecular flexibility index (Phi) is 5.57. The first-order chi connectivity index (χ1) is 9.02. The number of hydrogen-bond donors (Lipinski definition) is 3. The number of aromatic carboxylic acids is 1. The number of unbranched alkanes of at least 4 members (excludes halogenated alkanes) is 1. The lowest BCUT2D eigenvalue weighted by atomic mass is 10.1. The highest BCUT2D eigenvalue weighted by Crippen LogP contribution is 2.28. The summed E-state index contributed by atoms with van der Waals surface area (Å²) in [5.74, 6) is -2.02. The van der Waals surface area contributed by atoms with E-state index >= 15 is 0 Å². The van der Waals surface area contributed by atoms with Crippen LogP contribution in [0, 0.1) is 5.82 Å². The summed E-state index contributed by atoms with van der Waals surface area (Å²) in [4.78, 5) is 13.0. The molecular formula is C13H19FN2O3. The molecule has 19 heavy (non-hydrogen) atoms. The molecule has 0 aromatic heterocycles. The highest BCUT2D eigenvalue weighted by Gasteiger charge is 2.21. The van der Waals surface area contributed by atoms with Gasteiger partial charge in [0.2, 0.25) is 0 Å². The van der Waals surface area contributed by atoms with E-state index in [0.717, 1.165) is 18.9 Å². The Bertz CT molecular complexity index is 452. The number of halogens is 1. The SMILES string of the molecule is CCCCN(CCO)c1ccc(F)c(N)c1C(=O)O. The van der Waals surface area contributed by atoms with E-state index in [-0.39, 0.29) is 24.4 Å². The lowest BCUT2D eigenvalue weighted by Gasteiger charge is -2.26. The quantitative estimate of drug-likeness (QED) is 0.656. The van der Waals surface area contributed by atoms with E-state index in [1.165, 1.54) is 6.07 Å². The molecule has 1 aromatic carbocycles. The third-order valence-corrected chi connectivity index (χ3v) is 2.88. The van der Waals surface area contributed by atoms with Crippen molar-refractivity contribution in [1.82, 2.24) is 0 Å². The molecule has 0 aliphatic carbocycles. The molecule has 0 bridgehead atoms. The van der Waals surface area contributed by atoms with Gasteiger partial charge in [-0.05, 0) is 18.6 Å². The van der Waals surface area contributed by atoms with Gasteiger partial charge in [0.1, 0.15) is 11.4 Å². The molecule has 5 nitrogen and oxygen atoms in total. The summed E-state index contributed by atoms with van der Waals surface area (Å²) in [6.45, 7) is 2.77. The van der Waals surface area contributed by atoms with Crippen LogP contribution in [0.5, 0.6) is 0 Å². The van der Waals surface area contributed by atoms with Crippen molar-refractivity contribution in [1.29, 1.82) is 0 Å². The zero-order valence-electron chi connectivity index (χ0n) is 10.9. The maximum atomic E-state index is 13.4. The zero-order valence-corrected chi connectivity index (χ0v) is 10.9. The number of aliphatic hydroxyl groups is 1. The van der Waals surface area contributed by atoms with Gasteiger partial charge in [0.05, 0.1) is 18.0 Å². The fourth-order valence-electron chi connectivity index (χ4n) is 1.89. The van der Waals surface area contributed by atoms with Gasteiger partial charge < -0.3 is 20.8 Å². The molecule has 4 N–H and O–H groups in total. The molecule has 0 saturated heterocycles. The van der Waals surface area contributed by atoms with Gasteiger partial charge in [0, 0.05) is 13.1 Å². The number of carboxylic acid groups (broad SMARTS) is 1. The first kappa shape index (κ1) is 15.2. The molecule has 1 aromatic rings. The number of anilines is 2. The minimum atomic E-state index is -1.27. The number of carbonyl (C=O) groups is 1. The van der Waals surface area contributed by atoms with Gasteiger partial charge in [-0.3, -0.25) is 0 Å². The summed E-state index contributed by atoms with van der Waals surface area (Å²) in [6.07, 6.45) is 1.78. The second-order valence-electron chi connectivity index (χ2n) is 4.22. The van der Waals surface area contributed by atoms with E-state index < -0.39 is 11.8 Å². The van der Waals surface area contributed by atoms with E-state index in [0.29, 0.717) is 12.2 Å². The molecule has 0 aliphatic rings. The Morgan fingerprint density at radius 1 is 1.42 bits per heavy atom. The summed E-state index contributed by atoms with van der Waals surface area (Å²) < 4.78 is 13.4. The molecule has 0 saturated carbocycles. The molecule has 106 valence electrons. The van der Waals surface area contributed by atoms with E-state index in [1.54, 1.807) is 4.90 Å². The predicted molar refractivity (Wildman–Crippen MR) is 72.0 cm³/mol. The normalized spacial score (nSPS) is 10.5. The highest BCUT2D eigenvalue weighted by molar-refractivity contribution is 6.00. The van der Waals surface area contributed by atoms with Crippen LogP contribution in [0.2, 0.25) is 0 Å².